The molecule has 1 amide bonds. The Bertz CT molecular complexity index is 474. The highest BCUT2D eigenvalue weighted by atomic mass is 16.1. The molecule has 0 spiro atoms. The van der Waals surface area contributed by atoms with E-state index in [0.29, 0.717) is 17.8 Å². The Kier molecular flexibility index (Phi) is 5.53. The lowest BCUT2D eigenvalue weighted by Gasteiger charge is -2.17. The number of aromatic nitrogens is 3. The third-order valence-corrected chi connectivity index (χ3v) is 3.23. The van der Waals surface area contributed by atoms with E-state index in [1.54, 1.807) is 7.05 Å². The second-order valence-corrected chi connectivity index (χ2v) is 4.93. The van der Waals surface area contributed by atoms with Crippen molar-refractivity contribution in [1.82, 2.24) is 20.3 Å². The minimum absolute atomic E-state index is 0.110. The third-order valence-electron chi connectivity index (χ3n) is 3.23. The van der Waals surface area contributed by atoms with Crippen LogP contribution in [-0.2, 0) is 4.79 Å². The largest absolute Gasteiger partial charge is 0.358 e. The summed E-state index contributed by atoms with van der Waals surface area (Å²) in [6, 6.07) is 0. The number of anilines is 3. The summed E-state index contributed by atoms with van der Waals surface area (Å²) in [6.45, 7) is 4.96. The Morgan fingerprint density at radius 2 is 1.81 bits per heavy atom. The van der Waals surface area contributed by atoms with Gasteiger partial charge in [-0.2, -0.15) is 15.0 Å². The van der Waals surface area contributed by atoms with Crippen LogP contribution in [0.15, 0.2) is 0 Å². The Balaban J connectivity index is 2.13. The number of carbonyl (C=O) groups is 1. The van der Waals surface area contributed by atoms with Crippen molar-refractivity contribution < 1.29 is 4.79 Å². The molecule has 116 valence electrons. The normalized spacial score (nSPS) is 14.1. The van der Waals surface area contributed by atoms with Crippen LogP contribution < -0.4 is 20.9 Å². The van der Waals surface area contributed by atoms with Crippen molar-refractivity contribution in [2.24, 2.45) is 0 Å². The molecule has 1 aromatic rings. The monoisotopic (exact) mass is 293 g/mol. The molecule has 21 heavy (non-hydrogen) atoms. The first-order valence-corrected chi connectivity index (χ1v) is 7.42. The van der Waals surface area contributed by atoms with Gasteiger partial charge < -0.3 is 20.9 Å². The van der Waals surface area contributed by atoms with Crippen molar-refractivity contribution in [1.29, 1.82) is 0 Å². The van der Waals surface area contributed by atoms with Crippen molar-refractivity contribution in [2.45, 2.75) is 26.2 Å². The first kappa shape index (κ1) is 15.3. The number of amides is 1. The van der Waals surface area contributed by atoms with E-state index in [4.69, 9.17) is 0 Å². The van der Waals surface area contributed by atoms with Gasteiger partial charge in [0.25, 0.3) is 0 Å². The minimum Gasteiger partial charge on any atom is -0.358 e. The van der Waals surface area contributed by atoms with E-state index < -0.39 is 0 Å². The smallest absolute Gasteiger partial charge is 0.239 e. The Morgan fingerprint density at radius 3 is 2.43 bits per heavy atom. The van der Waals surface area contributed by atoms with Gasteiger partial charge in [-0.1, -0.05) is 6.92 Å². The van der Waals surface area contributed by atoms with Crippen molar-refractivity contribution in [2.75, 3.05) is 48.8 Å². The number of likely N-dealkylation sites (N-methyl/N-ethyl adjacent to an activating group) is 1. The minimum atomic E-state index is -0.110. The lowest BCUT2D eigenvalue weighted by Crippen LogP contribution is -2.28. The van der Waals surface area contributed by atoms with Crippen LogP contribution in [0.5, 0.6) is 0 Å². The molecule has 3 N–H and O–H groups in total. The summed E-state index contributed by atoms with van der Waals surface area (Å²) in [7, 11) is 1.60. The zero-order chi connectivity index (χ0) is 15.1. The summed E-state index contributed by atoms with van der Waals surface area (Å²) >= 11 is 0. The zero-order valence-corrected chi connectivity index (χ0v) is 12.6. The molecule has 1 aliphatic heterocycles. The third kappa shape index (κ3) is 4.44. The van der Waals surface area contributed by atoms with Crippen LogP contribution in [0.25, 0.3) is 0 Å². The maximum absolute atomic E-state index is 11.3. The number of nitrogens with zero attached hydrogens (tertiary/aromatic N) is 4. The van der Waals surface area contributed by atoms with E-state index in [1.807, 2.05) is 0 Å². The molecule has 2 rings (SSSR count). The molecule has 1 saturated heterocycles. The van der Waals surface area contributed by atoms with E-state index in [2.05, 4.69) is 42.7 Å². The molecule has 1 fully saturated rings. The fourth-order valence-electron chi connectivity index (χ4n) is 2.07. The van der Waals surface area contributed by atoms with Crippen LogP contribution in [0.4, 0.5) is 17.8 Å². The molecule has 0 saturated carbocycles. The van der Waals surface area contributed by atoms with Gasteiger partial charge in [0.15, 0.2) is 0 Å². The highest BCUT2D eigenvalue weighted by molar-refractivity contribution is 5.79. The van der Waals surface area contributed by atoms with Crippen LogP contribution in [0.1, 0.15) is 26.2 Å². The lowest BCUT2D eigenvalue weighted by molar-refractivity contribution is -0.118. The Morgan fingerprint density at radius 1 is 1.14 bits per heavy atom. The van der Waals surface area contributed by atoms with E-state index in [1.165, 1.54) is 0 Å². The topological polar surface area (TPSA) is 95.1 Å². The second-order valence-electron chi connectivity index (χ2n) is 4.93. The molecular weight excluding hydrogens is 270 g/mol. The highest BCUT2D eigenvalue weighted by Gasteiger charge is 2.17. The number of carbonyl (C=O) groups excluding carboxylic acids is 1. The van der Waals surface area contributed by atoms with Gasteiger partial charge in [-0.25, -0.2) is 0 Å². The standard InChI is InChI=1S/C13H23N7O/c1-3-6-15-11-17-12(16-9-10(21)14-2)19-13(18-11)20-7-4-5-8-20/h3-9H2,1-2H3,(H,14,21)(H2,15,16,17,18,19). The molecule has 8 nitrogen and oxygen atoms in total. The molecule has 0 bridgehead atoms. The van der Waals surface area contributed by atoms with Crippen LogP contribution in [0.2, 0.25) is 0 Å². The SMILES string of the molecule is CCCNc1nc(NCC(=O)NC)nc(N2CCCC2)n1. The molecule has 0 aromatic carbocycles. The maximum atomic E-state index is 11.3. The molecule has 8 heteroatoms. The van der Waals surface area contributed by atoms with Crippen LogP contribution in [0.3, 0.4) is 0 Å². The van der Waals surface area contributed by atoms with Crippen molar-refractivity contribution >= 4 is 23.8 Å². The number of nitrogens with one attached hydrogen (secondary N) is 3. The molecule has 1 aromatic heterocycles. The molecule has 0 atom stereocenters. The molecule has 1 aliphatic rings. The van der Waals surface area contributed by atoms with Gasteiger partial charge in [-0.15, -0.1) is 0 Å². The number of hydrogen-bond acceptors (Lipinski definition) is 7. The maximum Gasteiger partial charge on any atom is 0.239 e. The molecule has 0 radical (unpaired) electrons. The van der Waals surface area contributed by atoms with Crippen molar-refractivity contribution in [3.05, 3.63) is 0 Å². The molecule has 0 unspecified atom stereocenters. The summed E-state index contributed by atoms with van der Waals surface area (Å²) in [5.74, 6) is 1.53. The number of rotatable bonds is 7. The summed E-state index contributed by atoms with van der Waals surface area (Å²) in [5.41, 5.74) is 0. The Hall–Kier alpha value is -2.12. The van der Waals surface area contributed by atoms with E-state index in [-0.39, 0.29) is 12.5 Å². The summed E-state index contributed by atoms with van der Waals surface area (Å²) in [6.07, 6.45) is 3.31. The average Bonchev–Trinajstić information content (AvgIpc) is 3.04. The summed E-state index contributed by atoms with van der Waals surface area (Å²) in [5, 5.41) is 8.66. The number of hydrogen-bond donors (Lipinski definition) is 3. The van der Waals surface area contributed by atoms with Gasteiger partial charge in [0.05, 0.1) is 6.54 Å². The van der Waals surface area contributed by atoms with Gasteiger partial charge in [0, 0.05) is 26.7 Å². The predicted molar refractivity (Wildman–Crippen MR) is 82.6 cm³/mol. The highest BCUT2D eigenvalue weighted by Crippen LogP contribution is 2.18. The second kappa shape index (κ2) is 7.61. The molecular formula is C13H23N7O. The summed E-state index contributed by atoms with van der Waals surface area (Å²) < 4.78 is 0. The quantitative estimate of drug-likeness (QED) is 0.672. The summed E-state index contributed by atoms with van der Waals surface area (Å²) in [4.78, 5) is 26.6. The van der Waals surface area contributed by atoms with E-state index >= 15 is 0 Å². The Labute approximate surface area is 124 Å². The van der Waals surface area contributed by atoms with Crippen LogP contribution in [-0.4, -0.2) is 54.1 Å². The zero-order valence-electron chi connectivity index (χ0n) is 12.6. The van der Waals surface area contributed by atoms with Gasteiger partial charge >= 0.3 is 0 Å². The van der Waals surface area contributed by atoms with Crippen LogP contribution >= 0.6 is 0 Å². The van der Waals surface area contributed by atoms with Crippen molar-refractivity contribution in [3.8, 4) is 0 Å². The molecule has 2 heterocycles. The van der Waals surface area contributed by atoms with Crippen molar-refractivity contribution in [3.63, 3.8) is 0 Å². The first-order chi connectivity index (χ1) is 10.2. The predicted octanol–water partition coefficient (Wildman–Crippen LogP) is 0.452. The lowest BCUT2D eigenvalue weighted by atomic mass is 10.4. The van der Waals surface area contributed by atoms with Gasteiger partial charge in [-0.3, -0.25) is 4.79 Å². The fraction of sp³-hybridized carbons (Fsp3) is 0.692. The van der Waals surface area contributed by atoms with E-state index in [9.17, 15) is 4.79 Å². The first-order valence-electron chi connectivity index (χ1n) is 7.42. The average molecular weight is 293 g/mol. The molecule has 0 aliphatic carbocycles. The van der Waals surface area contributed by atoms with Gasteiger partial charge in [0.2, 0.25) is 23.8 Å². The van der Waals surface area contributed by atoms with Gasteiger partial charge in [-0.05, 0) is 19.3 Å². The van der Waals surface area contributed by atoms with E-state index in [0.717, 1.165) is 38.9 Å². The van der Waals surface area contributed by atoms with Crippen LogP contribution in [0, 0.1) is 0 Å². The van der Waals surface area contributed by atoms with Gasteiger partial charge in [0.1, 0.15) is 0 Å². The fourth-order valence-corrected chi connectivity index (χ4v) is 2.07.